The number of fused-ring (bicyclic) bond motifs is 1. The molecule has 0 N–H and O–H groups in total. The molecule has 1 atom stereocenters. The molecule has 0 unspecified atom stereocenters. The number of halogens is 2. The van der Waals surface area contributed by atoms with Crippen LogP contribution in [0.5, 0.6) is 0 Å². The van der Waals surface area contributed by atoms with Crippen molar-refractivity contribution < 1.29 is 13.6 Å². The van der Waals surface area contributed by atoms with Crippen molar-refractivity contribution in [3.63, 3.8) is 0 Å². The molecular weight excluding hydrogens is 340 g/mol. The lowest BCUT2D eigenvalue weighted by molar-refractivity contribution is 0.0696. The van der Waals surface area contributed by atoms with E-state index in [2.05, 4.69) is 15.1 Å². The number of hydrogen-bond donors (Lipinski definition) is 0. The number of benzene rings is 1. The van der Waals surface area contributed by atoms with Crippen molar-refractivity contribution in [1.82, 2.24) is 24.6 Å². The van der Waals surface area contributed by atoms with Crippen LogP contribution in [0.1, 0.15) is 34.8 Å². The average Bonchev–Trinajstić information content (AvgIpc) is 2.99. The number of hydrogen-bond acceptors (Lipinski definition) is 4. The highest BCUT2D eigenvalue weighted by molar-refractivity contribution is 5.95. The zero-order valence-electron chi connectivity index (χ0n) is 14.2. The first-order valence-corrected chi connectivity index (χ1v) is 8.43. The highest BCUT2D eigenvalue weighted by Gasteiger charge is 2.31. The van der Waals surface area contributed by atoms with Crippen LogP contribution in [-0.2, 0) is 7.05 Å². The minimum atomic E-state index is -0.841. The lowest BCUT2D eigenvalue weighted by Crippen LogP contribution is -2.40. The predicted octanol–water partition coefficient (Wildman–Crippen LogP) is 2.66. The topological polar surface area (TPSA) is 63.9 Å². The molecule has 0 radical (unpaired) electrons. The normalized spacial score (nSPS) is 17.7. The maximum Gasteiger partial charge on any atom is 0.259 e. The van der Waals surface area contributed by atoms with Gasteiger partial charge in [-0.3, -0.25) is 4.79 Å². The van der Waals surface area contributed by atoms with Crippen molar-refractivity contribution in [3.05, 3.63) is 53.5 Å². The van der Waals surface area contributed by atoms with E-state index in [0.717, 1.165) is 30.7 Å². The molecule has 0 aliphatic carbocycles. The molecule has 1 aliphatic rings. The first kappa shape index (κ1) is 16.6. The minimum absolute atomic E-state index is 0.0528. The summed E-state index contributed by atoms with van der Waals surface area (Å²) >= 11 is 0. The Morgan fingerprint density at radius 1 is 1.19 bits per heavy atom. The summed E-state index contributed by atoms with van der Waals surface area (Å²) in [6.07, 6.45) is 4.76. The fourth-order valence-corrected chi connectivity index (χ4v) is 3.52. The van der Waals surface area contributed by atoms with Gasteiger partial charge in [0.2, 0.25) is 0 Å². The molecule has 3 heterocycles. The number of aryl methyl sites for hydroxylation is 1. The predicted molar refractivity (Wildman–Crippen MR) is 90.5 cm³/mol. The van der Waals surface area contributed by atoms with Crippen LogP contribution in [0.25, 0.3) is 11.2 Å². The molecule has 1 aromatic carbocycles. The second kappa shape index (κ2) is 6.44. The van der Waals surface area contributed by atoms with Crippen molar-refractivity contribution in [2.75, 3.05) is 13.1 Å². The number of carbonyl (C=O) groups excluding carboxylic acids is 1. The van der Waals surface area contributed by atoms with Gasteiger partial charge in [-0.2, -0.15) is 5.10 Å². The van der Waals surface area contributed by atoms with Crippen molar-refractivity contribution in [2.24, 2.45) is 7.05 Å². The average molecular weight is 357 g/mol. The van der Waals surface area contributed by atoms with Crippen LogP contribution in [0.2, 0.25) is 0 Å². The number of amides is 1. The molecule has 1 amide bonds. The van der Waals surface area contributed by atoms with Gasteiger partial charge >= 0.3 is 0 Å². The van der Waals surface area contributed by atoms with E-state index in [1.165, 1.54) is 11.0 Å². The van der Waals surface area contributed by atoms with E-state index >= 15 is 0 Å². The van der Waals surface area contributed by atoms with Crippen LogP contribution in [-0.4, -0.2) is 43.6 Å². The van der Waals surface area contributed by atoms with Gasteiger partial charge in [0.25, 0.3) is 5.91 Å². The highest BCUT2D eigenvalue weighted by atomic mass is 19.1. The third-order valence-corrected chi connectivity index (χ3v) is 4.76. The first-order valence-electron chi connectivity index (χ1n) is 8.43. The second-order valence-corrected chi connectivity index (χ2v) is 6.42. The molecule has 1 saturated heterocycles. The molecule has 26 heavy (non-hydrogen) atoms. The summed E-state index contributed by atoms with van der Waals surface area (Å²) in [5, 5.41) is 4.52. The zero-order chi connectivity index (χ0) is 18.3. The number of aromatic nitrogens is 4. The van der Waals surface area contributed by atoms with Gasteiger partial charge in [-0.1, -0.05) is 6.07 Å². The third-order valence-electron chi connectivity index (χ3n) is 4.76. The Hall–Kier alpha value is -2.90. The van der Waals surface area contributed by atoms with E-state index in [1.807, 2.05) is 0 Å². The summed E-state index contributed by atoms with van der Waals surface area (Å²) in [5.74, 6) is -2.36. The largest absolute Gasteiger partial charge is 0.338 e. The molecule has 1 aliphatic heterocycles. The Morgan fingerprint density at radius 3 is 2.69 bits per heavy atom. The maximum atomic E-state index is 14.0. The molecule has 3 aromatic rings. The van der Waals surface area contributed by atoms with Crippen LogP contribution in [0.4, 0.5) is 8.78 Å². The smallest absolute Gasteiger partial charge is 0.259 e. The summed E-state index contributed by atoms with van der Waals surface area (Å²) in [6.45, 7) is 0.800. The Kier molecular flexibility index (Phi) is 4.10. The van der Waals surface area contributed by atoms with E-state index in [0.29, 0.717) is 24.3 Å². The van der Waals surface area contributed by atoms with Crippen molar-refractivity contribution >= 4 is 17.1 Å². The summed E-state index contributed by atoms with van der Waals surface area (Å²) in [7, 11) is 1.79. The summed E-state index contributed by atoms with van der Waals surface area (Å²) in [6, 6.07) is 3.44. The van der Waals surface area contributed by atoms with E-state index in [4.69, 9.17) is 0 Å². The molecule has 0 spiro atoms. The maximum absolute atomic E-state index is 14.0. The van der Waals surface area contributed by atoms with Crippen molar-refractivity contribution in [1.29, 1.82) is 0 Å². The number of likely N-dealkylation sites (tertiary alicyclic amines) is 1. The fourth-order valence-electron chi connectivity index (χ4n) is 3.52. The quantitative estimate of drug-likeness (QED) is 0.707. The molecule has 0 bridgehead atoms. The van der Waals surface area contributed by atoms with Gasteiger partial charge in [0.1, 0.15) is 22.7 Å². The minimum Gasteiger partial charge on any atom is -0.338 e. The number of nitrogens with zero attached hydrogens (tertiary/aromatic N) is 5. The molecular formula is C18H17F2N5O. The summed E-state index contributed by atoms with van der Waals surface area (Å²) in [5.41, 5.74) is 1.64. The van der Waals surface area contributed by atoms with Gasteiger partial charge in [-0.15, -0.1) is 0 Å². The third kappa shape index (κ3) is 2.71. The van der Waals surface area contributed by atoms with Gasteiger partial charge in [-0.05, 0) is 25.0 Å². The standard InChI is InChI=1S/C18H17F2N5O/c1-24-17-16(21-7-8-22-17)15(23-24)11-4-3-9-25(10-11)18(26)14-12(19)5-2-6-13(14)20/h2,5-8,11H,3-4,9-10H2,1H3/t11-/m0/s1. The second-order valence-electron chi connectivity index (χ2n) is 6.42. The molecule has 1 fully saturated rings. The van der Waals surface area contributed by atoms with Gasteiger partial charge in [0.15, 0.2) is 5.65 Å². The fraction of sp³-hybridized carbons (Fsp3) is 0.333. The number of carbonyl (C=O) groups is 1. The first-order chi connectivity index (χ1) is 12.6. The van der Waals surface area contributed by atoms with Crippen LogP contribution in [0, 0.1) is 11.6 Å². The summed E-state index contributed by atoms with van der Waals surface area (Å²) < 4.78 is 29.6. The Morgan fingerprint density at radius 2 is 1.92 bits per heavy atom. The van der Waals surface area contributed by atoms with Gasteiger partial charge in [0.05, 0.1) is 5.69 Å². The number of piperidine rings is 1. The van der Waals surface area contributed by atoms with Crippen molar-refractivity contribution in [2.45, 2.75) is 18.8 Å². The zero-order valence-corrected chi connectivity index (χ0v) is 14.2. The van der Waals surface area contributed by atoms with E-state index in [-0.39, 0.29) is 5.92 Å². The van der Waals surface area contributed by atoms with E-state index in [9.17, 15) is 13.6 Å². The Labute approximate surface area is 148 Å². The lowest BCUT2D eigenvalue weighted by Gasteiger charge is -2.32. The Balaban J connectivity index is 1.64. The SMILES string of the molecule is Cn1nc([C@H]2CCCN(C(=O)c3c(F)cccc3F)C2)c2nccnc21. The van der Waals surface area contributed by atoms with Gasteiger partial charge < -0.3 is 4.90 Å². The van der Waals surface area contributed by atoms with Gasteiger partial charge in [-0.25, -0.2) is 23.4 Å². The highest BCUT2D eigenvalue weighted by Crippen LogP contribution is 2.30. The molecule has 8 heteroatoms. The van der Waals surface area contributed by atoms with E-state index in [1.54, 1.807) is 24.1 Å². The van der Waals surface area contributed by atoms with Crippen LogP contribution in [0.15, 0.2) is 30.6 Å². The monoisotopic (exact) mass is 357 g/mol. The molecule has 134 valence electrons. The molecule has 4 rings (SSSR count). The van der Waals surface area contributed by atoms with Crippen LogP contribution in [0.3, 0.4) is 0 Å². The van der Waals surface area contributed by atoms with Crippen molar-refractivity contribution in [3.8, 4) is 0 Å². The Bertz CT molecular complexity index is 967. The lowest BCUT2D eigenvalue weighted by atomic mass is 9.93. The summed E-state index contributed by atoms with van der Waals surface area (Å²) in [4.78, 5) is 22.8. The molecule has 0 saturated carbocycles. The van der Waals surface area contributed by atoms with Crippen LogP contribution < -0.4 is 0 Å². The van der Waals surface area contributed by atoms with E-state index < -0.39 is 23.1 Å². The molecule has 2 aromatic heterocycles. The van der Waals surface area contributed by atoms with Crippen LogP contribution >= 0.6 is 0 Å². The number of rotatable bonds is 2. The molecule has 6 nitrogen and oxygen atoms in total. The van der Waals surface area contributed by atoms with Gasteiger partial charge in [0, 0.05) is 38.4 Å².